The van der Waals surface area contributed by atoms with Crippen LogP contribution in [0.2, 0.25) is 0 Å². The summed E-state index contributed by atoms with van der Waals surface area (Å²) < 4.78 is 18.4. The fourth-order valence-electron chi connectivity index (χ4n) is 3.02. The Morgan fingerprint density at radius 2 is 1.97 bits per heavy atom. The molecule has 4 rings (SSSR count). The summed E-state index contributed by atoms with van der Waals surface area (Å²) in [5, 5.41) is 9.44. The summed E-state index contributed by atoms with van der Waals surface area (Å²) in [4.78, 5) is 29.7. The summed E-state index contributed by atoms with van der Waals surface area (Å²) in [5.74, 6) is -0.846. The minimum Gasteiger partial charge on any atom is -0.459 e. The van der Waals surface area contributed by atoms with E-state index in [1.165, 1.54) is 18.4 Å². The van der Waals surface area contributed by atoms with Gasteiger partial charge in [0.2, 0.25) is 6.10 Å². The number of benzene rings is 2. The Kier molecular flexibility index (Phi) is 5.56. The van der Waals surface area contributed by atoms with E-state index in [0.29, 0.717) is 17.0 Å². The molecule has 0 saturated heterocycles. The molecule has 30 heavy (non-hydrogen) atoms. The third kappa shape index (κ3) is 4.54. The Morgan fingerprint density at radius 3 is 2.77 bits per heavy atom. The van der Waals surface area contributed by atoms with E-state index in [4.69, 9.17) is 9.25 Å². The van der Waals surface area contributed by atoms with Crippen LogP contribution in [0.4, 0.5) is 10.1 Å². The van der Waals surface area contributed by atoms with Crippen molar-refractivity contribution in [1.82, 2.24) is 5.32 Å². The van der Waals surface area contributed by atoms with Crippen molar-refractivity contribution in [2.75, 3.05) is 5.32 Å². The number of halogens is 1. The van der Waals surface area contributed by atoms with Crippen LogP contribution < -0.4 is 10.6 Å². The van der Waals surface area contributed by atoms with Crippen LogP contribution >= 0.6 is 0 Å². The first-order valence-electron chi connectivity index (χ1n) is 9.28. The van der Waals surface area contributed by atoms with E-state index in [9.17, 15) is 14.0 Å². The molecule has 1 aliphatic heterocycles. The maximum absolute atomic E-state index is 13.4. The second kappa shape index (κ2) is 8.60. The lowest BCUT2D eigenvalue weighted by atomic mass is 10.0. The van der Waals surface area contributed by atoms with Gasteiger partial charge in [-0.15, -0.1) is 0 Å². The fourth-order valence-corrected chi connectivity index (χ4v) is 3.02. The molecular weight excluding hydrogens is 389 g/mol. The van der Waals surface area contributed by atoms with E-state index in [0.717, 1.165) is 5.56 Å². The number of amides is 2. The van der Waals surface area contributed by atoms with Gasteiger partial charge in [0.15, 0.2) is 5.76 Å². The van der Waals surface area contributed by atoms with Crippen LogP contribution in [-0.4, -0.2) is 23.6 Å². The SMILES string of the molecule is O=C(Nc1cccc(CNC(=O)C2CC(c3cccc(F)c3)=NO2)c1)c1ccco1. The molecule has 0 radical (unpaired) electrons. The molecule has 1 aliphatic rings. The van der Waals surface area contributed by atoms with Gasteiger partial charge in [-0.2, -0.15) is 0 Å². The standard InChI is InChI=1S/C22H18FN3O4/c23-16-6-2-5-15(11-16)18-12-20(30-26-18)21(27)24-13-14-4-1-7-17(10-14)25-22(28)19-8-3-9-29-19/h1-11,20H,12-13H2,(H,24,27)(H,25,28). The van der Waals surface area contributed by atoms with Crippen LogP contribution in [0.25, 0.3) is 0 Å². The van der Waals surface area contributed by atoms with E-state index < -0.39 is 6.10 Å². The topological polar surface area (TPSA) is 92.9 Å². The van der Waals surface area contributed by atoms with Crippen molar-refractivity contribution in [3.63, 3.8) is 0 Å². The van der Waals surface area contributed by atoms with Crippen molar-refractivity contribution in [2.24, 2.45) is 5.16 Å². The molecule has 0 saturated carbocycles. The Morgan fingerprint density at radius 1 is 1.10 bits per heavy atom. The number of oxime groups is 1. The highest BCUT2D eigenvalue weighted by molar-refractivity contribution is 6.04. The summed E-state index contributed by atoms with van der Waals surface area (Å²) in [6.45, 7) is 0.248. The highest BCUT2D eigenvalue weighted by Gasteiger charge is 2.28. The van der Waals surface area contributed by atoms with Gasteiger partial charge < -0.3 is 19.9 Å². The van der Waals surface area contributed by atoms with E-state index in [2.05, 4.69) is 15.8 Å². The Balaban J connectivity index is 1.31. The van der Waals surface area contributed by atoms with E-state index in [1.807, 2.05) is 6.07 Å². The zero-order valence-electron chi connectivity index (χ0n) is 15.8. The molecule has 2 aromatic carbocycles. The molecule has 3 aromatic rings. The molecule has 8 heteroatoms. The normalized spacial score (nSPS) is 15.2. The Labute approximate surface area is 171 Å². The van der Waals surface area contributed by atoms with Crippen LogP contribution in [0.3, 0.4) is 0 Å². The second-order valence-corrected chi connectivity index (χ2v) is 6.70. The zero-order chi connectivity index (χ0) is 20.9. The average molecular weight is 407 g/mol. The number of nitrogens with zero attached hydrogens (tertiary/aromatic N) is 1. The third-order valence-corrected chi connectivity index (χ3v) is 4.52. The largest absolute Gasteiger partial charge is 0.459 e. The molecule has 0 spiro atoms. The molecular formula is C22H18FN3O4. The Hall–Kier alpha value is -3.94. The predicted octanol–water partition coefficient (Wildman–Crippen LogP) is 3.48. The van der Waals surface area contributed by atoms with Gasteiger partial charge in [-0.05, 0) is 42.0 Å². The van der Waals surface area contributed by atoms with Gasteiger partial charge in [0.25, 0.3) is 11.8 Å². The summed E-state index contributed by atoms with van der Waals surface area (Å²) in [7, 11) is 0. The van der Waals surface area contributed by atoms with E-state index in [1.54, 1.807) is 42.5 Å². The predicted molar refractivity (Wildman–Crippen MR) is 107 cm³/mol. The minimum absolute atomic E-state index is 0.209. The first-order valence-corrected chi connectivity index (χ1v) is 9.28. The smallest absolute Gasteiger partial charge is 0.291 e. The van der Waals surface area contributed by atoms with Crippen molar-refractivity contribution < 1.29 is 23.2 Å². The third-order valence-electron chi connectivity index (χ3n) is 4.52. The molecule has 0 aliphatic carbocycles. The monoisotopic (exact) mass is 407 g/mol. The summed E-state index contributed by atoms with van der Waals surface area (Å²) >= 11 is 0. The van der Waals surface area contributed by atoms with Crippen molar-refractivity contribution in [1.29, 1.82) is 0 Å². The second-order valence-electron chi connectivity index (χ2n) is 6.70. The molecule has 0 fully saturated rings. The summed E-state index contributed by atoms with van der Waals surface area (Å²) in [6, 6.07) is 16.3. The molecule has 7 nitrogen and oxygen atoms in total. The number of nitrogens with one attached hydrogen (secondary N) is 2. The van der Waals surface area contributed by atoms with Crippen LogP contribution in [0.1, 0.15) is 28.1 Å². The minimum atomic E-state index is -0.773. The summed E-state index contributed by atoms with van der Waals surface area (Å²) in [6.07, 6.45) is 0.911. The van der Waals surface area contributed by atoms with Crippen molar-refractivity contribution in [2.45, 2.75) is 19.1 Å². The molecule has 2 amide bonds. The molecule has 2 heterocycles. The maximum atomic E-state index is 13.4. The highest BCUT2D eigenvalue weighted by Crippen LogP contribution is 2.18. The quantitative estimate of drug-likeness (QED) is 0.654. The van der Waals surface area contributed by atoms with E-state index in [-0.39, 0.29) is 36.4 Å². The lowest BCUT2D eigenvalue weighted by Crippen LogP contribution is -2.34. The number of anilines is 1. The molecule has 2 N–H and O–H groups in total. The fraction of sp³-hybridized carbons (Fsp3) is 0.136. The number of hydrogen-bond donors (Lipinski definition) is 2. The number of carbonyl (C=O) groups is 2. The molecule has 152 valence electrons. The lowest BCUT2D eigenvalue weighted by Gasteiger charge is -2.11. The van der Waals surface area contributed by atoms with E-state index >= 15 is 0 Å². The number of carbonyl (C=O) groups excluding carboxylic acids is 2. The van der Waals surface area contributed by atoms with Gasteiger partial charge in [-0.3, -0.25) is 9.59 Å². The van der Waals surface area contributed by atoms with Gasteiger partial charge >= 0.3 is 0 Å². The van der Waals surface area contributed by atoms with Crippen molar-refractivity contribution >= 4 is 23.2 Å². The highest BCUT2D eigenvalue weighted by atomic mass is 19.1. The van der Waals surface area contributed by atoms with Gasteiger partial charge in [0, 0.05) is 24.2 Å². The van der Waals surface area contributed by atoms with Gasteiger partial charge in [0.1, 0.15) is 5.82 Å². The first kappa shape index (κ1) is 19.4. The van der Waals surface area contributed by atoms with Crippen LogP contribution in [0.15, 0.2) is 76.5 Å². The molecule has 1 aromatic heterocycles. The maximum Gasteiger partial charge on any atom is 0.291 e. The molecule has 1 atom stereocenters. The van der Waals surface area contributed by atoms with Gasteiger partial charge in [-0.25, -0.2) is 4.39 Å². The zero-order valence-corrected chi connectivity index (χ0v) is 15.8. The van der Waals surface area contributed by atoms with Crippen molar-refractivity contribution in [3.8, 4) is 0 Å². The number of hydrogen-bond acceptors (Lipinski definition) is 5. The summed E-state index contributed by atoms with van der Waals surface area (Å²) in [5.41, 5.74) is 2.49. The number of furan rings is 1. The first-order chi connectivity index (χ1) is 14.6. The van der Waals surface area contributed by atoms with Gasteiger partial charge in [0.05, 0.1) is 12.0 Å². The Bertz CT molecular complexity index is 1100. The average Bonchev–Trinajstić information content (AvgIpc) is 3.44. The lowest BCUT2D eigenvalue weighted by molar-refractivity contribution is -0.131. The molecule has 1 unspecified atom stereocenters. The van der Waals surface area contributed by atoms with Gasteiger partial charge in [-0.1, -0.05) is 29.4 Å². The number of rotatable bonds is 6. The molecule has 0 bridgehead atoms. The van der Waals surface area contributed by atoms with Crippen molar-refractivity contribution in [3.05, 3.63) is 89.6 Å². The van der Waals surface area contributed by atoms with Crippen LogP contribution in [0, 0.1) is 5.82 Å². The van der Waals surface area contributed by atoms with Crippen LogP contribution in [0.5, 0.6) is 0 Å². The van der Waals surface area contributed by atoms with Crippen LogP contribution in [-0.2, 0) is 16.2 Å².